The maximum atomic E-state index is 5.76. The average Bonchev–Trinajstić information content (AvgIpc) is 2.64. The lowest BCUT2D eigenvalue weighted by molar-refractivity contribution is 0.974. The van der Waals surface area contributed by atoms with Crippen LogP contribution in [0.2, 0.25) is 0 Å². The molecule has 0 bridgehead atoms. The minimum absolute atomic E-state index is 0.569. The van der Waals surface area contributed by atoms with Crippen LogP contribution in [-0.2, 0) is 0 Å². The molecule has 3 aromatic rings. The Morgan fingerprint density at radius 3 is 2.73 bits per heavy atom. The van der Waals surface area contributed by atoms with Crippen molar-refractivity contribution < 1.29 is 0 Å². The number of nitrogens with zero attached hydrogens (tertiary/aromatic N) is 2. The Bertz CT molecular complexity index is 661. The fraction of sp³-hybridized carbons (Fsp3) is 0.100. The number of H-pyrrole nitrogens is 1. The molecule has 76 valence electrons. The summed E-state index contributed by atoms with van der Waals surface area (Å²) in [5, 5.41) is 3.19. The largest absolute Gasteiger partial charge is 0.397 e. The summed E-state index contributed by atoms with van der Waals surface area (Å²) in [7, 11) is 0. The number of nitrogens with two attached hydrogens (primary N) is 2. The van der Waals surface area contributed by atoms with Crippen LogP contribution in [-0.4, -0.2) is 14.6 Å². The first-order valence-corrected chi connectivity index (χ1v) is 4.68. The summed E-state index contributed by atoms with van der Waals surface area (Å²) in [6.07, 6.45) is 0. The molecule has 0 radical (unpaired) electrons. The molecule has 1 aromatic carbocycles. The number of hydrogen-bond acceptors (Lipinski definition) is 3. The van der Waals surface area contributed by atoms with Crippen molar-refractivity contribution in [2.45, 2.75) is 6.92 Å². The number of hydrogen-bond donors (Lipinski definition) is 3. The summed E-state index contributed by atoms with van der Waals surface area (Å²) in [6, 6.07) is 5.60. The second-order valence-electron chi connectivity index (χ2n) is 3.71. The van der Waals surface area contributed by atoms with Gasteiger partial charge in [-0.3, -0.25) is 5.10 Å². The minimum Gasteiger partial charge on any atom is -0.397 e. The quantitative estimate of drug-likeness (QED) is 0.479. The van der Waals surface area contributed by atoms with Crippen LogP contribution in [0.25, 0.3) is 16.7 Å². The van der Waals surface area contributed by atoms with E-state index >= 15 is 0 Å². The highest BCUT2D eigenvalue weighted by molar-refractivity contribution is 5.88. The van der Waals surface area contributed by atoms with Crippen LogP contribution >= 0.6 is 0 Å². The van der Waals surface area contributed by atoms with Crippen molar-refractivity contribution in [1.29, 1.82) is 0 Å². The van der Waals surface area contributed by atoms with E-state index in [-0.39, 0.29) is 0 Å². The Hall–Kier alpha value is -2.17. The highest BCUT2D eigenvalue weighted by Gasteiger charge is 2.08. The Morgan fingerprint density at radius 2 is 1.93 bits per heavy atom. The number of imidazole rings is 1. The Kier molecular flexibility index (Phi) is 1.33. The van der Waals surface area contributed by atoms with Crippen molar-refractivity contribution in [3.05, 3.63) is 23.9 Å². The number of nitrogen functional groups attached to an aromatic ring is 2. The second kappa shape index (κ2) is 2.44. The highest BCUT2D eigenvalue weighted by atomic mass is 15.3. The summed E-state index contributed by atoms with van der Waals surface area (Å²) in [5.41, 5.74) is 16.4. The third-order valence-corrected chi connectivity index (χ3v) is 2.52. The number of rotatable bonds is 0. The van der Waals surface area contributed by atoms with Gasteiger partial charge in [0.25, 0.3) is 0 Å². The third-order valence-electron chi connectivity index (χ3n) is 2.52. The molecule has 5 heteroatoms. The van der Waals surface area contributed by atoms with E-state index in [1.54, 1.807) is 6.07 Å². The molecule has 5 nitrogen and oxygen atoms in total. The molecule has 5 N–H and O–H groups in total. The second-order valence-corrected chi connectivity index (χ2v) is 3.71. The number of benzene rings is 1. The zero-order valence-electron chi connectivity index (χ0n) is 8.28. The zero-order valence-corrected chi connectivity index (χ0v) is 8.28. The van der Waals surface area contributed by atoms with E-state index in [4.69, 9.17) is 11.5 Å². The van der Waals surface area contributed by atoms with Gasteiger partial charge in [0.1, 0.15) is 0 Å². The molecule has 2 aromatic heterocycles. The number of anilines is 2. The van der Waals surface area contributed by atoms with Gasteiger partial charge in [0.05, 0.1) is 22.4 Å². The first kappa shape index (κ1) is 8.16. The van der Waals surface area contributed by atoms with Crippen molar-refractivity contribution in [3.8, 4) is 0 Å². The normalized spacial score (nSPS) is 11.5. The molecule has 0 amide bonds. The molecule has 0 saturated heterocycles. The first-order chi connectivity index (χ1) is 7.15. The lowest BCUT2D eigenvalue weighted by atomic mass is 10.2. The SMILES string of the molecule is Cc1cc2nc3cc(N)c(N)cc3n2[nH]1. The van der Waals surface area contributed by atoms with Crippen molar-refractivity contribution in [1.82, 2.24) is 14.6 Å². The molecular weight excluding hydrogens is 190 g/mol. The van der Waals surface area contributed by atoms with Gasteiger partial charge >= 0.3 is 0 Å². The monoisotopic (exact) mass is 201 g/mol. The van der Waals surface area contributed by atoms with Crippen LogP contribution in [0.1, 0.15) is 5.69 Å². The number of aromatic nitrogens is 3. The van der Waals surface area contributed by atoms with E-state index in [1.165, 1.54) is 0 Å². The maximum absolute atomic E-state index is 5.76. The lowest BCUT2D eigenvalue weighted by Crippen LogP contribution is -1.94. The topological polar surface area (TPSA) is 85.1 Å². The van der Waals surface area contributed by atoms with Gasteiger partial charge in [-0.05, 0) is 19.1 Å². The van der Waals surface area contributed by atoms with Gasteiger partial charge in [-0.1, -0.05) is 0 Å². The van der Waals surface area contributed by atoms with E-state index in [0.29, 0.717) is 11.4 Å². The third kappa shape index (κ3) is 0.999. The molecule has 0 unspecified atom stereocenters. The van der Waals surface area contributed by atoms with Crippen molar-refractivity contribution >= 4 is 28.1 Å². The van der Waals surface area contributed by atoms with Gasteiger partial charge in [0, 0.05) is 11.8 Å². The highest BCUT2D eigenvalue weighted by Crippen LogP contribution is 2.24. The van der Waals surface area contributed by atoms with Crippen LogP contribution in [0.15, 0.2) is 18.2 Å². The van der Waals surface area contributed by atoms with Gasteiger partial charge in [-0.25, -0.2) is 9.50 Å². The predicted molar refractivity (Wildman–Crippen MR) is 60.6 cm³/mol. The van der Waals surface area contributed by atoms with Crippen LogP contribution in [0, 0.1) is 6.92 Å². The van der Waals surface area contributed by atoms with Crippen molar-refractivity contribution in [2.24, 2.45) is 0 Å². The van der Waals surface area contributed by atoms with Crippen LogP contribution in [0.3, 0.4) is 0 Å². The van der Waals surface area contributed by atoms with E-state index in [1.807, 2.05) is 23.6 Å². The van der Waals surface area contributed by atoms with Crippen LogP contribution < -0.4 is 11.5 Å². The lowest BCUT2D eigenvalue weighted by Gasteiger charge is -1.99. The molecule has 0 atom stereocenters. The summed E-state index contributed by atoms with van der Waals surface area (Å²) < 4.78 is 1.90. The number of fused-ring (bicyclic) bond motifs is 3. The number of nitrogens with one attached hydrogen (secondary N) is 1. The van der Waals surface area contributed by atoms with Gasteiger partial charge in [0.2, 0.25) is 0 Å². The molecule has 0 aliphatic heterocycles. The molecule has 0 fully saturated rings. The fourth-order valence-corrected chi connectivity index (χ4v) is 1.79. The Labute approximate surface area is 85.7 Å². The summed E-state index contributed by atoms with van der Waals surface area (Å²) in [4.78, 5) is 4.43. The van der Waals surface area contributed by atoms with Crippen molar-refractivity contribution in [2.75, 3.05) is 11.5 Å². The minimum atomic E-state index is 0.569. The Morgan fingerprint density at radius 1 is 1.20 bits per heavy atom. The summed E-state index contributed by atoms with van der Waals surface area (Å²) in [5.74, 6) is 0. The van der Waals surface area contributed by atoms with E-state index < -0.39 is 0 Å². The smallest absolute Gasteiger partial charge is 0.154 e. The van der Waals surface area contributed by atoms with Gasteiger partial charge in [-0.15, -0.1) is 0 Å². The summed E-state index contributed by atoms with van der Waals surface area (Å²) >= 11 is 0. The standard InChI is InChI=1S/C10H11N5/c1-5-2-10-13-8-3-6(11)7(12)4-9(8)15(10)14-5/h2-4,14H,11-12H2,1H3. The number of aromatic amines is 1. The summed E-state index contributed by atoms with van der Waals surface area (Å²) in [6.45, 7) is 1.99. The maximum Gasteiger partial charge on any atom is 0.154 e. The molecule has 15 heavy (non-hydrogen) atoms. The predicted octanol–water partition coefficient (Wildman–Crippen LogP) is 1.29. The van der Waals surface area contributed by atoms with Crippen LogP contribution in [0.4, 0.5) is 11.4 Å². The van der Waals surface area contributed by atoms with E-state index in [2.05, 4.69) is 10.1 Å². The molecule has 0 spiro atoms. The van der Waals surface area contributed by atoms with Crippen molar-refractivity contribution in [3.63, 3.8) is 0 Å². The molecule has 0 aliphatic carbocycles. The average molecular weight is 201 g/mol. The van der Waals surface area contributed by atoms with E-state index in [9.17, 15) is 0 Å². The molecule has 2 heterocycles. The molecule has 0 aliphatic rings. The van der Waals surface area contributed by atoms with Gasteiger partial charge in [-0.2, -0.15) is 0 Å². The number of aryl methyl sites for hydroxylation is 1. The fourth-order valence-electron chi connectivity index (χ4n) is 1.79. The molecular formula is C10H11N5. The first-order valence-electron chi connectivity index (χ1n) is 4.68. The van der Waals surface area contributed by atoms with Crippen LogP contribution in [0.5, 0.6) is 0 Å². The zero-order chi connectivity index (χ0) is 10.6. The van der Waals surface area contributed by atoms with Gasteiger partial charge < -0.3 is 11.5 Å². The molecule has 0 saturated carbocycles. The van der Waals surface area contributed by atoms with E-state index in [0.717, 1.165) is 22.4 Å². The van der Waals surface area contributed by atoms with Gasteiger partial charge in [0.15, 0.2) is 5.65 Å². The molecule has 3 rings (SSSR count). The Balaban J connectivity index is 2.52.